The van der Waals surface area contributed by atoms with Crippen LogP contribution in [0.25, 0.3) is 0 Å². The average Bonchev–Trinajstić information content (AvgIpc) is 1.86. The normalized spacial score (nSPS) is 20.2. The summed E-state index contributed by atoms with van der Waals surface area (Å²) in [5.74, 6) is 0. The Morgan fingerprint density at radius 1 is 1.17 bits per heavy atom. The monoisotopic (exact) mass is 93.0 g/mol. The van der Waals surface area contributed by atoms with Crippen molar-refractivity contribution in [1.82, 2.24) is 0 Å². The van der Waals surface area contributed by atoms with E-state index in [0.717, 1.165) is 0 Å². The van der Waals surface area contributed by atoms with Gasteiger partial charge in [-0.3, -0.25) is 0 Å². The van der Waals surface area contributed by atoms with Crippen LogP contribution >= 0.6 is 0 Å². The Labute approximate surface area is 41.0 Å². The summed E-state index contributed by atoms with van der Waals surface area (Å²) in [5.41, 5.74) is 0.491. The molecule has 0 bridgehead atoms. The fourth-order valence-corrected chi connectivity index (χ4v) is 0.654. The maximum Gasteiger partial charge on any atom is 0.0379 e. The zero-order chi connectivity index (χ0) is 4.41. The molecular formula is C5H5Si. The van der Waals surface area contributed by atoms with Crippen molar-refractivity contribution < 1.29 is 0 Å². The van der Waals surface area contributed by atoms with Crippen molar-refractivity contribution in [3.05, 3.63) is 24.3 Å². The fraction of sp³-hybridized carbons (Fsp3) is 0.200. The molecule has 0 atom stereocenters. The molecule has 0 spiro atoms. The van der Waals surface area contributed by atoms with Gasteiger partial charge in [0.1, 0.15) is 0 Å². The van der Waals surface area contributed by atoms with Gasteiger partial charge in [-0.2, -0.15) is 0 Å². The van der Waals surface area contributed by atoms with E-state index in [1.165, 1.54) is 0 Å². The molecule has 3 radical (unpaired) electrons. The molecule has 0 aromatic heterocycles. The molecule has 0 amide bonds. The quantitative estimate of drug-likeness (QED) is 0.393. The first-order chi connectivity index (χ1) is 2.89. The second-order valence-electron chi connectivity index (χ2n) is 1.30. The van der Waals surface area contributed by atoms with Gasteiger partial charge in [-0.05, 0) is 5.54 Å². The van der Waals surface area contributed by atoms with E-state index < -0.39 is 0 Å². The summed E-state index contributed by atoms with van der Waals surface area (Å²) in [6.45, 7) is 0. The van der Waals surface area contributed by atoms with Crippen LogP contribution in [0.2, 0.25) is 5.54 Å². The van der Waals surface area contributed by atoms with E-state index in [-0.39, 0.29) is 0 Å². The van der Waals surface area contributed by atoms with Gasteiger partial charge < -0.3 is 0 Å². The van der Waals surface area contributed by atoms with Crippen LogP contribution in [0.5, 0.6) is 0 Å². The van der Waals surface area contributed by atoms with E-state index in [4.69, 9.17) is 0 Å². The summed E-state index contributed by atoms with van der Waals surface area (Å²) < 4.78 is 0. The second-order valence-corrected chi connectivity index (χ2v) is 1.96. The van der Waals surface area contributed by atoms with Gasteiger partial charge in [-0.1, -0.05) is 24.3 Å². The van der Waals surface area contributed by atoms with Crippen molar-refractivity contribution in [1.29, 1.82) is 0 Å². The summed E-state index contributed by atoms with van der Waals surface area (Å²) in [6.07, 6.45) is 8.21. The molecule has 0 saturated carbocycles. The van der Waals surface area contributed by atoms with Gasteiger partial charge in [0.05, 0.1) is 0 Å². The van der Waals surface area contributed by atoms with E-state index in [1.807, 2.05) is 12.2 Å². The Kier molecular flexibility index (Phi) is 0.924. The molecule has 0 aromatic carbocycles. The molecule has 6 heavy (non-hydrogen) atoms. The standard InChI is InChI=1S/C5H5Si/c6-5-3-1-2-4-5/h1-5H. The third-order valence-corrected chi connectivity index (χ3v) is 1.13. The highest BCUT2D eigenvalue weighted by atomic mass is 28.1. The van der Waals surface area contributed by atoms with Gasteiger partial charge in [-0.15, -0.1) is 0 Å². The number of allylic oxidation sites excluding steroid dienone is 4. The lowest BCUT2D eigenvalue weighted by Crippen LogP contribution is -1.71. The molecule has 0 saturated heterocycles. The Balaban J connectivity index is 2.60. The van der Waals surface area contributed by atoms with Crippen molar-refractivity contribution in [2.45, 2.75) is 5.54 Å². The van der Waals surface area contributed by atoms with E-state index in [2.05, 4.69) is 22.4 Å². The van der Waals surface area contributed by atoms with Crippen molar-refractivity contribution in [3.63, 3.8) is 0 Å². The lowest BCUT2D eigenvalue weighted by Gasteiger charge is -1.83. The van der Waals surface area contributed by atoms with Crippen LogP contribution in [0.1, 0.15) is 0 Å². The van der Waals surface area contributed by atoms with Crippen LogP contribution < -0.4 is 0 Å². The molecule has 1 aliphatic rings. The first-order valence-corrected chi connectivity index (χ1v) is 2.53. The molecule has 1 aliphatic carbocycles. The maximum absolute atomic E-state index is 3.41. The summed E-state index contributed by atoms with van der Waals surface area (Å²) in [4.78, 5) is 0. The topological polar surface area (TPSA) is 0 Å². The van der Waals surface area contributed by atoms with E-state index in [0.29, 0.717) is 5.54 Å². The van der Waals surface area contributed by atoms with Gasteiger partial charge in [0, 0.05) is 10.2 Å². The van der Waals surface area contributed by atoms with Crippen LogP contribution in [0.15, 0.2) is 24.3 Å². The summed E-state index contributed by atoms with van der Waals surface area (Å²) in [7, 11) is 3.41. The maximum atomic E-state index is 3.41. The van der Waals surface area contributed by atoms with Gasteiger partial charge in [0.25, 0.3) is 0 Å². The minimum absolute atomic E-state index is 0.491. The Hall–Kier alpha value is -0.303. The number of hydrogen-bond donors (Lipinski definition) is 0. The van der Waals surface area contributed by atoms with Crippen LogP contribution in [-0.4, -0.2) is 10.2 Å². The van der Waals surface area contributed by atoms with Crippen LogP contribution in [0.4, 0.5) is 0 Å². The molecule has 29 valence electrons. The summed E-state index contributed by atoms with van der Waals surface area (Å²) in [5, 5.41) is 0. The molecule has 1 heteroatoms. The average molecular weight is 93.2 g/mol. The molecule has 0 fully saturated rings. The molecule has 0 aliphatic heterocycles. The SMILES string of the molecule is [Si]C1C=CC=C1. The summed E-state index contributed by atoms with van der Waals surface area (Å²) in [6, 6.07) is 0. The zero-order valence-corrected chi connectivity index (χ0v) is 4.39. The minimum Gasteiger partial charge on any atom is -0.0812 e. The highest BCUT2D eigenvalue weighted by Crippen LogP contribution is 2.08. The Bertz CT molecular complexity index is 80.1. The Morgan fingerprint density at radius 3 is 1.83 bits per heavy atom. The molecule has 0 nitrogen and oxygen atoms in total. The lowest BCUT2D eigenvalue weighted by atomic mass is 10.5. The highest BCUT2D eigenvalue weighted by molar-refractivity contribution is 6.14. The largest absolute Gasteiger partial charge is 0.0812 e. The Morgan fingerprint density at radius 2 is 1.67 bits per heavy atom. The van der Waals surface area contributed by atoms with E-state index in [1.54, 1.807) is 0 Å². The predicted molar refractivity (Wildman–Crippen MR) is 27.8 cm³/mol. The number of rotatable bonds is 0. The van der Waals surface area contributed by atoms with Crippen molar-refractivity contribution >= 4 is 10.2 Å². The molecule has 0 aromatic rings. The van der Waals surface area contributed by atoms with E-state index >= 15 is 0 Å². The predicted octanol–water partition coefficient (Wildman–Crippen LogP) is 1.07. The smallest absolute Gasteiger partial charge is 0.0379 e. The van der Waals surface area contributed by atoms with Crippen molar-refractivity contribution in [3.8, 4) is 0 Å². The highest BCUT2D eigenvalue weighted by Gasteiger charge is 1.90. The minimum atomic E-state index is 0.491. The fourth-order valence-electron chi connectivity index (χ4n) is 0.432. The molecule has 1 rings (SSSR count). The summed E-state index contributed by atoms with van der Waals surface area (Å²) >= 11 is 0. The van der Waals surface area contributed by atoms with E-state index in [9.17, 15) is 0 Å². The first kappa shape index (κ1) is 3.87. The van der Waals surface area contributed by atoms with Gasteiger partial charge in [-0.25, -0.2) is 0 Å². The third-order valence-electron chi connectivity index (χ3n) is 0.748. The van der Waals surface area contributed by atoms with Gasteiger partial charge in [0.15, 0.2) is 0 Å². The molecule has 0 N–H and O–H groups in total. The van der Waals surface area contributed by atoms with Crippen molar-refractivity contribution in [2.75, 3.05) is 0 Å². The van der Waals surface area contributed by atoms with Crippen molar-refractivity contribution in [2.24, 2.45) is 0 Å². The van der Waals surface area contributed by atoms with Crippen LogP contribution in [0.3, 0.4) is 0 Å². The first-order valence-electron chi connectivity index (χ1n) is 1.96. The van der Waals surface area contributed by atoms with Crippen LogP contribution in [0, 0.1) is 0 Å². The molecule has 0 heterocycles. The van der Waals surface area contributed by atoms with Gasteiger partial charge in [0.2, 0.25) is 0 Å². The van der Waals surface area contributed by atoms with Gasteiger partial charge >= 0.3 is 0 Å². The zero-order valence-electron chi connectivity index (χ0n) is 3.39. The number of hydrogen-bond acceptors (Lipinski definition) is 0. The molecule has 0 unspecified atom stereocenters. The second kappa shape index (κ2) is 1.43. The third kappa shape index (κ3) is 0.600. The molecular weight excluding hydrogens is 88.1 g/mol. The lowest BCUT2D eigenvalue weighted by molar-refractivity contribution is 1.42. The van der Waals surface area contributed by atoms with Crippen LogP contribution in [-0.2, 0) is 0 Å².